The van der Waals surface area contributed by atoms with Gasteiger partial charge in [-0.25, -0.2) is 13.6 Å². The molecule has 0 spiro atoms. The molecule has 1 aliphatic carbocycles. The third kappa shape index (κ3) is 9.48. The molecule has 3 N–H and O–H groups in total. The van der Waals surface area contributed by atoms with Gasteiger partial charge in [0, 0.05) is 43.3 Å². The smallest absolute Gasteiger partial charge is 0.330 e. The molecule has 14 heteroatoms. The second-order valence-corrected chi connectivity index (χ2v) is 12.4. The van der Waals surface area contributed by atoms with Crippen molar-refractivity contribution in [2.45, 2.75) is 82.9 Å². The fourth-order valence-corrected chi connectivity index (χ4v) is 6.12. The van der Waals surface area contributed by atoms with Crippen molar-refractivity contribution in [3.8, 4) is 0 Å². The lowest BCUT2D eigenvalue weighted by Crippen LogP contribution is -2.43. The maximum atomic E-state index is 14.2. The zero-order valence-corrected chi connectivity index (χ0v) is 27.1. The van der Waals surface area contributed by atoms with Crippen LogP contribution in [0.2, 0.25) is 0 Å². The SMILES string of the molecule is Cc1cc(C(=O)Nc2cccn([C@@H](Cc3ccc(F)c(F)c3)C(=O)N[C@H](/C=C/C(=O)OC3CCCCCC3)C[C@@H]3CCNC3=O)c2=O)no1. The van der Waals surface area contributed by atoms with Gasteiger partial charge in [0.2, 0.25) is 11.8 Å². The molecule has 3 amide bonds. The molecule has 12 nitrogen and oxygen atoms in total. The highest BCUT2D eigenvalue weighted by atomic mass is 19.2. The van der Waals surface area contributed by atoms with Crippen molar-refractivity contribution in [1.82, 2.24) is 20.4 Å². The summed E-state index contributed by atoms with van der Waals surface area (Å²) in [7, 11) is 0. The molecule has 3 atom stereocenters. The number of hydrogen-bond acceptors (Lipinski definition) is 8. The van der Waals surface area contributed by atoms with Gasteiger partial charge in [0.15, 0.2) is 17.3 Å². The quantitative estimate of drug-likeness (QED) is 0.145. The molecular weight excluding hydrogens is 640 g/mol. The minimum atomic E-state index is -1.32. The lowest BCUT2D eigenvalue weighted by atomic mass is 9.97. The highest BCUT2D eigenvalue weighted by Crippen LogP contribution is 2.22. The first-order chi connectivity index (χ1) is 23.6. The summed E-state index contributed by atoms with van der Waals surface area (Å²) >= 11 is 0. The predicted octanol–water partition coefficient (Wildman–Crippen LogP) is 4.29. The summed E-state index contributed by atoms with van der Waals surface area (Å²) in [6.45, 7) is 2.07. The van der Waals surface area contributed by atoms with E-state index in [1.807, 2.05) is 0 Å². The first kappa shape index (κ1) is 35.2. The van der Waals surface area contributed by atoms with E-state index < -0.39 is 53.0 Å². The first-order valence-electron chi connectivity index (χ1n) is 16.4. The number of nitrogens with zero attached hydrogens (tertiary/aromatic N) is 2. The van der Waals surface area contributed by atoms with Gasteiger partial charge in [-0.2, -0.15) is 0 Å². The molecule has 2 aromatic heterocycles. The number of anilines is 1. The summed E-state index contributed by atoms with van der Waals surface area (Å²) in [5.41, 5.74) is -0.774. The number of aromatic nitrogens is 2. The second-order valence-electron chi connectivity index (χ2n) is 12.4. The normalized spacial score (nSPS) is 18.0. The molecule has 2 fully saturated rings. The molecule has 49 heavy (non-hydrogen) atoms. The van der Waals surface area contributed by atoms with Crippen LogP contribution in [0.3, 0.4) is 0 Å². The highest BCUT2D eigenvalue weighted by Gasteiger charge is 2.30. The van der Waals surface area contributed by atoms with Gasteiger partial charge in [0.25, 0.3) is 11.5 Å². The van der Waals surface area contributed by atoms with Crippen molar-refractivity contribution in [3.05, 3.63) is 93.8 Å². The zero-order chi connectivity index (χ0) is 34.9. The molecule has 1 aromatic carbocycles. The first-order valence-corrected chi connectivity index (χ1v) is 16.4. The average Bonchev–Trinajstić information content (AvgIpc) is 3.60. The molecule has 1 saturated carbocycles. The molecule has 2 aliphatic rings. The van der Waals surface area contributed by atoms with Gasteiger partial charge < -0.3 is 29.8 Å². The van der Waals surface area contributed by atoms with E-state index in [4.69, 9.17) is 9.26 Å². The Morgan fingerprint density at radius 1 is 1.08 bits per heavy atom. The van der Waals surface area contributed by atoms with Gasteiger partial charge in [-0.3, -0.25) is 19.2 Å². The van der Waals surface area contributed by atoms with Gasteiger partial charge >= 0.3 is 5.97 Å². The summed E-state index contributed by atoms with van der Waals surface area (Å²) in [4.78, 5) is 65.8. The Hall–Kier alpha value is -5.14. The summed E-state index contributed by atoms with van der Waals surface area (Å²) in [6.07, 6.45) is 9.97. The van der Waals surface area contributed by atoms with Crippen molar-refractivity contribution >= 4 is 29.4 Å². The van der Waals surface area contributed by atoms with E-state index in [0.29, 0.717) is 18.7 Å². The van der Waals surface area contributed by atoms with E-state index in [1.165, 1.54) is 42.6 Å². The van der Waals surface area contributed by atoms with Crippen LogP contribution in [0.15, 0.2) is 64.1 Å². The predicted molar refractivity (Wildman–Crippen MR) is 173 cm³/mol. The zero-order valence-electron chi connectivity index (χ0n) is 27.1. The summed E-state index contributed by atoms with van der Waals surface area (Å²) in [6, 6.07) is 5.18. The number of aryl methyl sites for hydroxylation is 1. The van der Waals surface area contributed by atoms with Crippen molar-refractivity contribution in [3.63, 3.8) is 0 Å². The summed E-state index contributed by atoms with van der Waals surface area (Å²) in [5, 5.41) is 11.7. The van der Waals surface area contributed by atoms with E-state index >= 15 is 0 Å². The lowest BCUT2D eigenvalue weighted by molar-refractivity contribution is -0.143. The van der Waals surface area contributed by atoms with Crippen LogP contribution < -0.4 is 21.5 Å². The highest BCUT2D eigenvalue weighted by molar-refractivity contribution is 6.02. The molecule has 5 rings (SSSR count). The largest absolute Gasteiger partial charge is 0.459 e. The third-order valence-corrected chi connectivity index (χ3v) is 8.71. The number of carbonyl (C=O) groups is 4. The number of benzene rings is 1. The second kappa shape index (κ2) is 16.3. The lowest BCUT2D eigenvalue weighted by Gasteiger charge is -2.24. The van der Waals surface area contributed by atoms with Crippen LogP contribution in [-0.4, -0.2) is 52.1 Å². The molecular formula is C35H39F2N5O7. The van der Waals surface area contributed by atoms with Crippen LogP contribution >= 0.6 is 0 Å². The molecule has 1 saturated heterocycles. The standard InChI is InChI=1S/C35H39F2N5O7/c1-21-17-29(41-49-21)33(45)40-28-9-6-16-42(35(28)47)30(19-22-10-12-26(36)27(37)18-22)34(46)39-24(20-23-14-15-38-32(23)44)11-13-31(43)48-25-7-4-2-3-5-8-25/h6,9-13,16-18,23-25,30H,2-5,7-8,14-15,19-20H2,1H3,(H,38,44)(H,39,46)(H,40,45)/b13-11+/t23-,24+,30-/m0/s1. The number of halogens is 2. The Morgan fingerprint density at radius 3 is 2.53 bits per heavy atom. The molecule has 260 valence electrons. The van der Waals surface area contributed by atoms with Gasteiger partial charge in [0.05, 0.1) is 0 Å². The number of esters is 1. The van der Waals surface area contributed by atoms with Gasteiger partial charge in [0.1, 0.15) is 23.6 Å². The molecule has 3 heterocycles. The van der Waals surface area contributed by atoms with Crippen molar-refractivity contribution in [2.24, 2.45) is 5.92 Å². The van der Waals surface area contributed by atoms with Crippen LogP contribution in [0.5, 0.6) is 0 Å². The minimum Gasteiger partial charge on any atom is -0.459 e. The monoisotopic (exact) mass is 679 g/mol. The number of ether oxygens (including phenoxy) is 1. The maximum Gasteiger partial charge on any atom is 0.330 e. The maximum absolute atomic E-state index is 14.2. The van der Waals surface area contributed by atoms with Gasteiger partial charge in [-0.1, -0.05) is 30.1 Å². The van der Waals surface area contributed by atoms with Crippen molar-refractivity contribution in [2.75, 3.05) is 11.9 Å². The molecule has 1 aliphatic heterocycles. The Morgan fingerprint density at radius 2 is 1.86 bits per heavy atom. The summed E-state index contributed by atoms with van der Waals surface area (Å²) in [5.74, 6) is -4.44. The Labute approximate surface area is 281 Å². The van der Waals surface area contributed by atoms with Crippen molar-refractivity contribution in [1.29, 1.82) is 0 Å². The summed E-state index contributed by atoms with van der Waals surface area (Å²) < 4.78 is 39.7. The van der Waals surface area contributed by atoms with Crippen LogP contribution in [0.25, 0.3) is 0 Å². The van der Waals surface area contributed by atoms with Gasteiger partial charge in [-0.15, -0.1) is 0 Å². The van der Waals surface area contributed by atoms with E-state index in [1.54, 1.807) is 6.92 Å². The van der Waals surface area contributed by atoms with E-state index in [9.17, 15) is 32.8 Å². The Bertz CT molecular complexity index is 1760. The van der Waals surface area contributed by atoms with Crippen LogP contribution in [0.1, 0.15) is 79.2 Å². The van der Waals surface area contributed by atoms with E-state index in [2.05, 4.69) is 21.1 Å². The van der Waals surface area contributed by atoms with Crippen LogP contribution in [0.4, 0.5) is 14.5 Å². The minimum absolute atomic E-state index is 0.0634. The van der Waals surface area contributed by atoms with Crippen LogP contribution in [-0.2, 0) is 25.5 Å². The topological polar surface area (TPSA) is 162 Å². The number of carbonyl (C=O) groups excluding carboxylic acids is 4. The number of hydrogen-bond donors (Lipinski definition) is 3. The fraction of sp³-hybridized carbons (Fsp3) is 0.429. The Kier molecular flexibility index (Phi) is 11.7. The third-order valence-electron chi connectivity index (χ3n) is 8.71. The van der Waals surface area contributed by atoms with Crippen LogP contribution in [0, 0.1) is 24.5 Å². The van der Waals surface area contributed by atoms with E-state index in [0.717, 1.165) is 55.2 Å². The number of rotatable bonds is 12. The van der Waals surface area contributed by atoms with Gasteiger partial charge in [-0.05, 0) is 75.3 Å². The molecule has 0 bridgehead atoms. The Balaban J connectivity index is 1.41. The van der Waals surface area contributed by atoms with E-state index in [-0.39, 0.29) is 41.8 Å². The number of pyridine rings is 1. The molecule has 0 radical (unpaired) electrons. The number of amides is 3. The fourth-order valence-electron chi connectivity index (χ4n) is 6.12. The average molecular weight is 680 g/mol. The molecule has 3 aromatic rings. The van der Waals surface area contributed by atoms with Crippen molar-refractivity contribution < 1.29 is 37.2 Å². The molecule has 0 unspecified atom stereocenters. The number of nitrogens with one attached hydrogen (secondary N) is 3.